The number of ether oxygens (including phenoxy) is 3. The number of esters is 3. The van der Waals surface area contributed by atoms with Gasteiger partial charge in [0.05, 0.1) is 26.4 Å². The average Bonchev–Trinajstić information content (AvgIpc) is 0.900. The summed E-state index contributed by atoms with van der Waals surface area (Å²) in [5.41, 5.74) is 0. The topological polar surface area (TPSA) is 231 Å². The number of unbranched alkanes of at least 4 members (excludes halogenated alkanes) is 30. The van der Waals surface area contributed by atoms with E-state index in [1.165, 1.54) is 109 Å². The molecule has 117 heavy (non-hydrogen) atoms. The second-order valence-corrected chi connectivity index (χ2v) is 32.9. The number of rotatable bonds is 85. The van der Waals surface area contributed by atoms with Crippen molar-refractivity contribution in [2.45, 2.75) is 373 Å². The summed E-state index contributed by atoms with van der Waals surface area (Å²) < 4.78 is 61.5. The van der Waals surface area contributed by atoms with Crippen molar-refractivity contribution in [3.63, 3.8) is 0 Å². The van der Waals surface area contributed by atoms with Gasteiger partial charge in [-0.15, -0.1) is 0 Å². The van der Waals surface area contributed by atoms with Crippen molar-refractivity contribution in [2.75, 3.05) is 39.6 Å². The fourth-order valence-electron chi connectivity index (χ4n) is 12.0. The zero-order valence-electron chi connectivity index (χ0n) is 73.3. The van der Waals surface area contributed by atoms with Gasteiger partial charge in [0.25, 0.3) is 0 Å². The van der Waals surface area contributed by atoms with E-state index < -0.39 is 91.5 Å². The monoisotopic (exact) mass is 1670 g/mol. The standard InChI is InChI=1S/C99H164O16P2/c1-4-7-10-13-16-19-22-25-28-31-34-37-39-41-43-45-46-48-50-51-53-56-58-61-64-67-70-73-76-79-82-85-97(102)109-88-94(100)89-111-116(105,106)112-90-95(101)91-113-117(107,108)114-93-96(115-99(104)87-84-81-78-75-72-69-66-63-60-55-36-33-30-27-24-21-18-15-12-9-6-3)92-110-98(103)86-83-80-77-74-71-68-65-62-59-57-54-52-49-47-44-42-40-38-35-32-29-26-23-20-17-14-11-8-5-2/h7-12,16-21,25-30,34-38,41-44,49,52,55,63,66,94-96,100-101H,4-6,13-15,22-24,31-33,39-40,45-48,50-51,53-54,56-62,64-65,67-93H2,1-3H3,(H,105,106)(H,107,108)/b10-7-,11-8-,12-9-,19-16-,20-17-,21-18-,28-25-,29-26-,30-27-,37-34-,38-35-,43-41-,44-42-,52-49-,55-36-,66-63-. The first kappa shape index (κ1) is 111. The number of phosphoric acid groups is 2. The molecule has 0 bridgehead atoms. The zero-order chi connectivity index (χ0) is 85.1. The Labute approximate surface area is 712 Å². The molecule has 0 fully saturated rings. The molecule has 0 saturated carbocycles. The Bertz CT molecular complexity index is 2910. The van der Waals surface area contributed by atoms with E-state index in [0.29, 0.717) is 19.3 Å². The molecule has 0 aromatic heterocycles. The third-order valence-corrected chi connectivity index (χ3v) is 20.7. The summed E-state index contributed by atoms with van der Waals surface area (Å²) in [6.07, 6.45) is 119. The molecule has 18 heteroatoms. The highest BCUT2D eigenvalue weighted by molar-refractivity contribution is 7.47. The van der Waals surface area contributed by atoms with Crippen molar-refractivity contribution in [2.24, 2.45) is 0 Å². The predicted octanol–water partition coefficient (Wildman–Crippen LogP) is 28.2. The molecule has 0 radical (unpaired) electrons. The van der Waals surface area contributed by atoms with Gasteiger partial charge in [0, 0.05) is 19.3 Å². The largest absolute Gasteiger partial charge is 0.472 e. The summed E-state index contributed by atoms with van der Waals surface area (Å²) in [5.74, 6) is -1.60. The summed E-state index contributed by atoms with van der Waals surface area (Å²) in [6, 6.07) is 0. The number of carbonyl (C=O) groups is 3. The second-order valence-electron chi connectivity index (χ2n) is 30.0. The van der Waals surface area contributed by atoms with Crippen LogP contribution >= 0.6 is 15.6 Å². The fourth-order valence-corrected chi connectivity index (χ4v) is 13.6. The smallest absolute Gasteiger partial charge is 0.463 e. The molecule has 5 atom stereocenters. The molecule has 4 N–H and O–H groups in total. The van der Waals surface area contributed by atoms with E-state index in [4.69, 9.17) is 32.3 Å². The van der Waals surface area contributed by atoms with Crippen LogP contribution in [0.15, 0.2) is 194 Å². The van der Waals surface area contributed by atoms with Gasteiger partial charge in [0.15, 0.2) is 6.10 Å². The zero-order valence-corrected chi connectivity index (χ0v) is 75.1. The highest BCUT2D eigenvalue weighted by Gasteiger charge is 2.29. The van der Waals surface area contributed by atoms with Crippen LogP contribution in [-0.2, 0) is 55.8 Å². The molecule has 0 aromatic carbocycles. The van der Waals surface area contributed by atoms with Crippen LogP contribution < -0.4 is 0 Å². The summed E-state index contributed by atoms with van der Waals surface area (Å²) in [4.78, 5) is 59.0. The van der Waals surface area contributed by atoms with Crippen molar-refractivity contribution < 1.29 is 75.8 Å². The second kappa shape index (κ2) is 89.6. The van der Waals surface area contributed by atoms with E-state index in [-0.39, 0.29) is 19.3 Å². The summed E-state index contributed by atoms with van der Waals surface area (Å²) >= 11 is 0. The fraction of sp³-hybridized carbons (Fsp3) is 0.646. The maximum Gasteiger partial charge on any atom is 0.472 e. The molecule has 0 amide bonds. The minimum Gasteiger partial charge on any atom is -0.463 e. The lowest BCUT2D eigenvalue weighted by Gasteiger charge is -2.21. The molecular weight excluding hydrogens is 1510 g/mol. The lowest BCUT2D eigenvalue weighted by molar-refractivity contribution is -0.161. The molecule has 0 rings (SSSR count). The SMILES string of the molecule is CC/C=C\C/C=C\C/C=C\C/C=C\C/C=C\C/C=C\CCCCCCCCCCCCC(=O)OCC(COP(=O)(O)OCC(O)COP(=O)(O)OCC(O)COC(=O)CCCCCCCCCCCCCCCCC/C=C\C/C=C\C/C=C\C/C=C\C/C=C\CC)OC(=O)CCCCCCC/C=C\C/C=C\C/C=C\C/C=C\C/C=C\CC. The van der Waals surface area contributed by atoms with Crippen molar-refractivity contribution in [1.29, 1.82) is 0 Å². The van der Waals surface area contributed by atoms with Crippen LogP contribution in [0.25, 0.3) is 0 Å². The van der Waals surface area contributed by atoms with Crippen molar-refractivity contribution in [3.05, 3.63) is 194 Å². The van der Waals surface area contributed by atoms with Gasteiger partial charge in [0.2, 0.25) is 0 Å². The summed E-state index contributed by atoms with van der Waals surface area (Å²) in [6.45, 7) is 2.34. The van der Waals surface area contributed by atoms with Crippen LogP contribution in [0.1, 0.15) is 355 Å². The normalized spacial score (nSPS) is 14.7. The molecule has 0 heterocycles. The highest BCUT2D eigenvalue weighted by atomic mass is 31.2. The van der Waals surface area contributed by atoms with Crippen LogP contribution in [0.2, 0.25) is 0 Å². The molecule has 0 saturated heterocycles. The molecule has 0 aliphatic carbocycles. The Morgan fingerprint density at radius 1 is 0.239 bits per heavy atom. The molecular formula is C99H164O16P2. The van der Waals surface area contributed by atoms with Gasteiger partial charge >= 0.3 is 33.6 Å². The van der Waals surface area contributed by atoms with Crippen LogP contribution in [0.4, 0.5) is 0 Å². The lowest BCUT2D eigenvalue weighted by atomic mass is 10.0. The molecule has 0 aliphatic rings. The van der Waals surface area contributed by atoms with Crippen molar-refractivity contribution in [1.82, 2.24) is 0 Å². The summed E-state index contributed by atoms with van der Waals surface area (Å²) in [7, 11) is -9.82. The molecule has 0 aromatic rings. The number of hydrogen-bond donors (Lipinski definition) is 4. The Morgan fingerprint density at radius 2 is 0.427 bits per heavy atom. The minimum atomic E-state index is -4.95. The number of aliphatic hydroxyl groups excluding tert-OH is 2. The Kier molecular flexibility index (Phi) is 85.3. The maximum absolute atomic E-state index is 13.1. The van der Waals surface area contributed by atoms with Gasteiger partial charge in [-0.3, -0.25) is 32.5 Å². The first-order valence-electron chi connectivity index (χ1n) is 45.7. The number of carbonyl (C=O) groups excluding carboxylic acids is 3. The maximum atomic E-state index is 13.1. The quantitative estimate of drug-likeness (QED) is 0.0146. The first-order chi connectivity index (χ1) is 57.2. The van der Waals surface area contributed by atoms with Crippen LogP contribution in [0.5, 0.6) is 0 Å². The van der Waals surface area contributed by atoms with E-state index in [9.17, 15) is 43.5 Å². The molecule has 0 aliphatic heterocycles. The average molecular weight is 1670 g/mol. The first-order valence-corrected chi connectivity index (χ1v) is 48.7. The Balaban J connectivity index is 4.62. The van der Waals surface area contributed by atoms with E-state index in [2.05, 4.69) is 215 Å². The highest BCUT2D eigenvalue weighted by Crippen LogP contribution is 2.45. The van der Waals surface area contributed by atoms with Gasteiger partial charge < -0.3 is 34.2 Å². The van der Waals surface area contributed by atoms with E-state index in [1.54, 1.807) is 0 Å². The number of allylic oxidation sites excluding steroid dienone is 32. The third kappa shape index (κ3) is 91.0. The van der Waals surface area contributed by atoms with Gasteiger partial charge in [-0.1, -0.05) is 369 Å². The van der Waals surface area contributed by atoms with E-state index >= 15 is 0 Å². The number of aliphatic hydroxyl groups is 2. The lowest BCUT2D eigenvalue weighted by Crippen LogP contribution is -2.30. The van der Waals surface area contributed by atoms with Crippen LogP contribution in [0, 0.1) is 0 Å². The van der Waals surface area contributed by atoms with Crippen LogP contribution in [-0.4, -0.2) is 95.9 Å². The number of phosphoric ester groups is 2. The third-order valence-electron chi connectivity index (χ3n) is 18.8. The molecule has 0 spiro atoms. The summed E-state index contributed by atoms with van der Waals surface area (Å²) in [5, 5.41) is 20.7. The minimum absolute atomic E-state index is 0.0751. The van der Waals surface area contributed by atoms with Gasteiger partial charge in [-0.25, -0.2) is 9.13 Å². The Hall–Kier alpha value is -5.61. The van der Waals surface area contributed by atoms with Gasteiger partial charge in [-0.2, -0.15) is 0 Å². The van der Waals surface area contributed by atoms with Gasteiger partial charge in [-0.05, 0) is 161 Å². The van der Waals surface area contributed by atoms with E-state index in [0.717, 1.165) is 186 Å². The van der Waals surface area contributed by atoms with E-state index in [1.807, 2.05) is 0 Å². The molecule has 16 nitrogen and oxygen atoms in total. The molecule has 666 valence electrons. The van der Waals surface area contributed by atoms with Crippen molar-refractivity contribution in [3.8, 4) is 0 Å². The van der Waals surface area contributed by atoms with Gasteiger partial charge in [0.1, 0.15) is 25.4 Å². The predicted molar refractivity (Wildman–Crippen MR) is 491 cm³/mol. The van der Waals surface area contributed by atoms with Crippen LogP contribution in [0.3, 0.4) is 0 Å². The number of hydrogen-bond acceptors (Lipinski definition) is 14. The Morgan fingerprint density at radius 3 is 0.675 bits per heavy atom. The molecule has 5 unspecified atom stereocenters. The van der Waals surface area contributed by atoms with Crippen molar-refractivity contribution >= 4 is 33.6 Å².